The Labute approximate surface area is 163 Å². The number of benzene rings is 2. The Morgan fingerprint density at radius 2 is 1.67 bits per heavy atom. The second kappa shape index (κ2) is 8.63. The molecule has 0 heterocycles. The summed E-state index contributed by atoms with van der Waals surface area (Å²) in [5, 5.41) is 1.38. The monoisotopic (exact) mass is 386 g/mol. The van der Waals surface area contributed by atoms with E-state index >= 15 is 0 Å². The minimum absolute atomic E-state index is 0.00954. The van der Waals surface area contributed by atoms with Gasteiger partial charge in [-0.05, 0) is 54.9 Å². The van der Waals surface area contributed by atoms with E-state index in [1.54, 1.807) is 7.11 Å². The average molecular weight is 386 g/mol. The zero-order valence-corrected chi connectivity index (χ0v) is 17.7. The van der Waals surface area contributed by atoms with Crippen LogP contribution in [0.5, 0.6) is 5.75 Å². The largest absolute Gasteiger partial charge is 0.496 e. The van der Waals surface area contributed by atoms with Crippen LogP contribution in [0.25, 0.3) is 0 Å². The van der Waals surface area contributed by atoms with Gasteiger partial charge in [-0.15, -0.1) is 0 Å². The molecule has 4 unspecified atom stereocenters. The molecular formula is C23H31O3P. The molecule has 4 atom stereocenters. The molecule has 0 saturated heterocycles. The van der Waals surface area contributed by atoms with Crippen molar-refractivity contribution >= 4 is 18.0 Å². The number of ether oxygens (including phenoxy) is 1. The molecule has 3 nitrogen and oxygen atoms in total. The molecule has 27 heavy (non-hydrogen) atoms. The van der Waals surface area contributed by atoms with Crippen molar-refractivity contribution in [2.75, 3.05) is 7.11 Å². The number of methoxy groups -OCH3 is 1. The van der Waals surface area contributed by atoms with Crippen LogP contribution in [0, 0.1) is 17.8 Å². The van der Waals surface area contributed by atoms with E-state index in [9.17, 15) is 4.57 Å². The highest BCUT2D eigenvalue weighted by atomic mass is 31.2. The average Bonchev–Trinajstić information content (AvgIpc) is 2.68. The third kappa shape index (κ3) is 4.31. The van der Waals surface area contributed by atoms with Crippen molar-refractivity contribution in [1.29, 1.82) is 0 Å². The van der Waals surface area contributed by atoms with E-state index < -0.39 is 7.37 Å². The molecule has 0 radical (unpaired) electrons. The number of hydrogen-bond donors (Lipinski definition) is 0. The summed E-state index contributed by atoms with van der Waals surface area (Å²) in [7, 11) is -1.66. The fourth-order valence-electron chi connectivity index (χ4n) is 4.18. The smallest absolute Gasteiger partial charge is 0.265 e. The van der Waals surface area contributed by atoms with E-state index in [1.807, 2.05) is 54.6 Å². The lowest BCUT2D eigenvalue weighted by atomic mass is 9.75. The molecule has 2 aromatic carbocycles. The summed E-state index contributed by atoms with van der Waals surface area (Å²) in [5.41, 5.74) is 0. The van der Waals surface area contributed by atoms with Crippen LogP contribution in [0.1, 0.15) is 40.0 Å². The summed E-state index contributed by atoms with van der Waals surface area (Å²) in [6.45, 7) is 6.75. The maximum Gasteiger partial charge on any atom is 0.265 e. The van der Waals surface area contributed by atoms with Crippen LogP contribution in [-0.2, 0) is 9.09 Å². The lowest BCUT2D eigenvalue weighted by Crippen LogP contribution is -2.36. The van der Waals surface area contributed by atoms with Gasteiger partial charge < -0.3 is 9.26 Å². The Morgan fingerprint density at radius 1 is 1.00 bits per heavy atom. The lowest BCUT2D eigenvalue weighted by Gasteiger charge is -2.39. The Morgan fingerprint density at radius 3 is 2.33 bits per heavy atom. The Hall–Kier alpha value is -1.57. The first-order valence-electron chi connectivity index (χ1n) is 9.93. The molecule has 1 aliphatic rings. The number of hydrogen-bond acceptors (Lipinski definition) is 3. The highest BCUT2D eigenvalue weighted by Crippen LogP contribution is 2.52. The van der Waals surface area contributed by atoms with Gasteiger partial charge in [0.2, 0.25) is 0 Å². The second-order valence-electron chi connectivity index (χ2n) is 8.03. The van der Waals surface area contributed by atoms with E-state index in [0.717, 1.165) is 18.1 Å². The minimum Gasteiger partial charge on any atom is -0.496 e. The Balaban J connectivity index is 2.07. The summed E-state index contributed by atoms with van der Waals surface area (Å²) in [6, 6.07) is 17.1. The van der Waals surface area contributed by atoms with Crippen molar-refractivity contribution < 1.29 is 13.8 Å². The quantitative estimate of drug-likeness (QED) is 0.624. The van der Waals surface area contributed by atoms with Gasteiger partial charge >= 0.3 is 0 Å². The maximum absolute atomic E-state index is 14.4. The van der Waals surface area contributed by atoms with Crippen molar-refractivity contribution in [2.24, 2.45) is 17.8 Å². The Kier molecular flexibility index (Phi) is 6.44. The molecule has 0 aromatic heterocycles. The molecule has 0 amide bonds. The zero-order valence-electron chi connectivity index (χ0n) is 16.8. The zero-order chi connectivity index (χ0) is 19.4. The molecule has 1 aliphatic carbocycles. The van der Waals surface area contributed by atoms with Gasteiger partial charge in [0.25, 0.3) is 7.37 Å². The molecule has 4 heteroatoms. The van der Waals surface area contributed by atoms with Gasteiger partial charge in [-0.1, -0.05) is 57.5 Å². The van der Waals surface area contributed by atoms with Crippen LogP contribution in [0.2, 0.25) is 0 Å². The summed E-state index contributed by atoms with van der Waals surface area (Å²) < 4.78 is 26.6. The minimum atomic E-state index is -3.28. The van der Waals surface area contributed by atoms with Gasteiger partial charge in [-0.25, -0.2) is 0 Å². The predicted molar refractivity (Wildman–Crippen MR) is 113 cm³/mol. The van der Waals surface area contributed by atoms with Gasteiger partial charge in [0.1, 0.15) is 5.75 Å². The van der Waals surface area contributed by atoms with Crippen LogP contribution in [0.15, 0.2) is 54.6 Å². The molecule has 1 saturated carbocycles. The normalized spacial score (nSPS) is 25.1. The maximum atomic E-state index is 14.4. The number of rotatable bonds is 6. The van der Waals surface area contributed by atoms with Crippen molar-refractivity contribution in [2.45, 2.75) is 46.1 Å². The van der Waals surface area contributed by atoms with Gasteiger partial charge in [-0.3, -0.25) is 4.57 Å². The van der Waals surface area contributed by atoms with E-state index in [4.69, 9.17) is 9.26 Å². The Bertz CT molecular complexity index is 787. The van der Waals surface area contributed by atoms with E-state index in [-0.39, 0.29) is 6.10 Å². The van der Waals surface area contributed by atoms with Crippen molar-refractivity contribution in [3.05, 3.63) is 54.6 Å². The first-order valence-corrected chi connectivity index (χ1v) is 11.6. The van der Waals surface area contributed by atoms with Gasteiger partial charge in [0.05, 0.1) is 18.5 Å². The van der Waals surface area contributed by atoms with Gasteiger partial charge in [0, 0.05) is 5.30 Å². The summed E-state index contributed by atoms with van der Waals surface area (Å²) in [6.07, 6.45) is 3.29. The van der Waals surface area contributed by atoms with Crippen LogP contribution in [0.4, 0.5) is 0 Å². The molecule has 146 valence electrons. The summed E-state index contributed by atoms with van der Waals surface area (Å²) >= 11 is 0. The van der Waals surface area contributed by atoms with Crippen molar-refractivity contribution in [3.63, 3.8) is 0 Å². The standard InChI is InChI=1S/C23H31O3P/c1-17(2)20-15-14-18(3)16-22(20)26-27(24,19-10-6-5-7-11-19)23-13-9-8-12-21(23)25-4/h5-13,17-18,20,22H,14-16H2,1-4H3. The van der Waals surface area contributed by atoms with Crippen LogP contribution in [0.3, 0.4) is 0 Å². The highest BCUT2D eigenvalue weighted by molar-refractivity contribution is 7.74. The fourth-order valence-corrected chi connectivity index (χ4v) is 6.62. The molecule has 0 bridgehead atoms. The number of para-hydroxylation sites is 1. The third-order valence-corrected chi connectivity index (χ3v) is 8.29. The topological polar surface area (TPSA) is 35.5 Å². The molecule has 1 fully saturated rings. The van der Waals surface area contributed by atoms with Crippen LogP contribution < -0.4 is 15.3 Å². The van der Waals surface area contributed by atoms with E-state index in [1.165, 1.54) is 6.42 Å². The third-order valence-electron chi connectivity index (χ3n) is 5.74. The molecule has 0 aliphatic heterocycles. The van der Waals surface area contributed by atoms with Crippen LogP contribution >= 0.6 is 7.37 Å². The van der Waals surface area contributed by atoms with E-state index in [2.05, 4.69) is 20.8 Å². The molecule has 0 spiro atoms. The van der Waals surface area contributed by atoms with Crippen molar-refractivity contribution in [1.82, 2.24) is 0 Å². The predicted octanol–water partition coefficient (Wildman–Crippen LogP) is 5.40. The highest BCUT2D eigenvalue weighted by Gasteiger charge is 2.40. The fraction of sp³-hybridized carbons (Fsp3) is 0.478. The first-order chi connectivity index (χ1) is 13.0. The summed E-state index contributed by atoms with van der Waals surface area (Å²) in [5.74, 6) is 2.14. The molecule has 3 rings (SSSR count). The van der Waals surface area contributed by atoms with Gasteiger partial charge in [0.15, 0.2) is 0 Å². The summed E-state index contributed by atoms with van der Waals surface area (Å²) in [4.78, 5) is 0. The van der Waals surface area contributed by atoms with Crippen LogP contribution in [-0.4, -0.2) is 13.2 Å². The van der Waals surface area contributed by atoms with Crippen molar-refractivity contribution in [3.8, 4) is 5.75 Å². The first kappa shape index (κ1) is 20.2. The molecule has 2 aromatic rings. The second-order valence-corrected chi connectivity index (χ2v) is 10.3. The SMILES string of the molecule is COc1ccccc1P(=O)(OC1CC(C)CCC1C(C)C)c1ccccc1. The molecular weight excluding hydrogens is 355 g/mol. The molecule has 0 N–H and O–H groups in total. The van der Waals surface area contributed by atoms with E-state index in [0.29, 0.717) is 28.8 Å². The van der Waals surface area contributed by atoms with Gasteiger partial charge in [-0.2, -0.15) is 0 Å². The lowest BCUT2D eigenvalue weighted by molar-refractivity contribution is 0.0514.